The molecule has 15 nitrogen and oxygen atoms in total. The van der Waals surface area contributed by atoms with Gasteiger partial charge in [-0.25, -0.2) is 9.97 Å². The Hall–Kier alpha value is -9.80. The van der Waals surface area contributed by atoms with Gasteiger partial charge in [0.05, 0.1) is 22.8 Å². The molecule has 5 aromatic carbocycles. The van der Waals surface area contributed by atoms with Crippen LogP contribution < -0.4 is 31.3 Å². The molecular weight excluding hydrogens is 1090 g/mol. The Bertz CT molecular complexity index is 4210. The van der Waals surface area contributed by atoms with Crippen LogP contribution in [0.25, 0.3) is 90.9 Å². The Balaban J connectivity index is 1.28. The van der Waals surface area contributed by atoms with E-state index >= 15 is 0 Å². The summed E-state index contributed by atoms with van der Waals surface area (Å²) < 4.78 is 6.13. The van der Waals surface area contributed by atoms with Gasteiger partial charge in [0.2, 0.25) is 23.6 Å². The fourth-order valence-corrected chi connectivity index (χ4v) is 10.2. The summed E-state index contributed by atoms with van der Waals surface area (Å²) in [6, 6.07) is 43.5. The average Bonchev–Trinajstić information content (AvgIpc) is 2.40. The summed E-state index contributed by atoms with van der Waals surface area (Å²) in [5.74, 6) is -0.490. The average molecular weight is 1160 g/mol. The van der Waals surface area contributed by atoms with Gasteiger partial charge in [-0.3, -0.25) is 24.0 Å². The van der Waals surface area contributed by atoms with Crippen LogP contribution in [0.2, 0.25) is 0 Å². The highest BCUT2D eigenvalue weighted by Crippen LogP contribution is 2.44. The monoisotopic (exact) mass is 1160 g/mol. The predicted octanol–water partition coefficient (Wildman–Crippen LogP) is 15.7. The zero-order valence-corrected chi connectivity index (χ0v) is 50.7. The number of anilines is 5. The summed E-state index contributed by atoms with van der Waals surface area (Å²) in [4.78, 5) is 86.4. The third-order valence-electron chi connectivity index (χ3n) is 14.5. The second-order valence-corrected chi connectivity index (χ2v) is 24.6. The van der Waals surface area contributed by atoms with Crippen LogP contribution in [-0.2, 0) is 29.7 Å². The lowest BCUT2D eigenvalue weighted by molar-refractivity contribution is -0.123. The van der Waals surface area contributed by atoms with Gasteiger partial charge in [-0.05, 0) is 78.9 Å². The Morgan fingerprint density at radius 1 is 0.442 bits per heavy atom. The Morgan fingerprint density at radius 2 is 0.767 bits per heavy atom. The number of nitrogens with zero attached hydrogens (tertiary/aromatic N) is 2. The quantitative estimate of drug-likeness (QED) is 0.0519. The number of carbonyl (C=O) groups is 5. The summed E-state index contributed by atoms with van der Waals surface area (Å²) in [5.41, 5.74) is 11.5. The van der Waals surface area contributed by atoms with Crippen LogP contribution in [0.4, 0.5) is 28.4 Å². The predicted molar refractivity (Wildman–Crippen MR) is 352 cm³/mol. The van der Waals surface area contributed by atoms with Gasteiger partial charge in [0, 0.05) is 136 Å². The van der Waals surface area contributed by atoms with Gasteiger partial charge in [0.25, 0.3) is 5.91 Å². The van der Waals surface area contributed by atoms with E-state index in [1.54, 1.807) is 18.2 Å². The number of amides is 5. The number of rotatable bonds is 13. The van der Waals surface area contributed by atoms with Crippen molar-refractivity contribution >= 4 is 117 Å². The van der Waals surface area contributed by atoms with Crippen LogP contribution in [0.1, 0.15) is 97.6 Å². The Morgan fingerprint density at radius 3 is 1.08 bits per heavy atom. The number of ether oxygens (including phenoxy) is 1. The van der Waals surface area contributed by atoms with Crippen LogP contribution in [0.15, 0.2) is 140 Å². The first-order valence-electron chi connectivity index (χ1n) is 28.4. The lowest BCUT2D eigenvalue weighted by atomic mass is 9.94. The minimum atomic E-state index is -0.726. The number of hydrogen-bond donors (Lipinski definition) is 8. The highest BCUT2D eigenvalue weighted by molar-refractivity contribution is 7.79. The minimum Gasteiger partial charge on any atom is -0.483 e. The van der Waals surface area contributed by atoms with Crippen molar-refractivity contribution < 1.29 is 28.7 Å². The molecule has 2 aliphatic heterocycles. The van der Waals surface area contributed by atoms with Crippen molar-refractivity contribution in [2.75, 3.05) is 33.2 Å². The molecule has 0 spiro atoms. The normalized spacial score (nSPS) is 12.1. The van der Waals surface area contributed by atoms with E-state index in [0.717, 1.165) is 5.56 Å². The molecule has 7 N–H and O–H groups in total. The second kappa shape index (κ2) is 24.1. The van der Waals surface area contributed by atoms with Crippen molar-refractivity contribution in [3.8, 4) is 50.3 Å². The van der Waals surface area contributed by atoms with Gasteiger partial charge in [-0.1, -0.05) is 141 Å². The van der Waals surface area contributed by atoms with Gasteiger partial charge < -0.3 is 41.3 Å². The molecule has 5 heterocycles. The maximum absolute atomic E-state index is 14.2. The number of aromatic nitrogens is 4. The van der Waals surface area contributed by atoms with Gasteiger partial charge in [-0.15, -0.1) is 0 Å². The lowest BCUT2D eigenvalue weighted by Gasteiger charge is -2.20. The van der Waals surface area contributed by atoms with E-state index in [-0.39, 0.29) is 30.2 Å². The number of benzene rings is 5. The van der Waals surface area contributed by atoms with Crippen molar-refractivity contribution in [3.05, 3.63) is 168 Å². The third kappa shape index (κ3) is 12.8. The summed E-state index contributed by atoms with van der Waals surface area (Å²) >= 11 is 4.48. The van der Waals surface area contributed by atoms with Crippen molar-refractivity contribution in [3.63, 3.8) is 0 Å². The number of nitrogens with one attached hydrogen (secondary N) is 7. The first-order valence-corrected chi connectivity index (χ1v) is 29.0. The van der Waals surface area contributed by atoms with Crippen LogP contribution >= 0.6 is 12.6 Å². The fraction of sp³-hybridized carbons (Fsp3) is 0.214. The number of H-pyrrole nitrogens is 2. The number of aromatic amines is 2. The molecule has 3 aromatic heterocycles. The molecule has 16 heteroatoms. The van der Waals surface area contributed by atoms with Gasteiger partial charge in [0.15, 0.2) is 6.61 Å². The van der Waals surface area contributed by atoms with E-state index in [1.807, 2.05) is 208 Å². The standard InChI is InChI=1S/C70H69N9O6S/c1-40(80)71-42-28-27-41(39-86)59(37-42)85-38-60(81)76-47-23-15-11-19-43(47)61-51-29-31-53(72-51)62(44-20-12-16-24-48(44)77-65(82)68(2,3)4)55-33-35-57(74-55)64(46-22-14-18-26-50(46)79-67(84)70(8,9)10)58-36-34-56(75-58)63(54-32-30-52(61)73-54)45-21-13-17-25-49(45)78-66(83)69(5,6)7/h11-37,72,75,86H,38-39H2,1-10H3,(H,71,80)(H,76,81)(H,77,82)(H,78,83)(H,79,84). The Kier molecular flexibility index (Phi) is 16.6. The van der Waals surface area contributed by atoms with Crippen LogP contribution in [-0.4, -0.2) is 56.1 Å². The van der Waals surface area contributed by atoms with E-state index in [4.69, 9.17) is 14.7 Å². The van der Waals surface area contributed by atoms with Gasteiger partial charge >= 0.3 is 0 Å². The lowest BCUT2D eigenvalue weighted by Crippen LogP contribution is -2.27. The molecule has 2 aliphatic rings. The maximum Gasteiger partial charge on any atom is 0.262 e. The molecule has 10 rings (SSSR count). The van der Waals surface area contributed by atoms with E-state index in [9.17, 15) is 24.0 Å². The molecule has 0 saturated heterocycles. The van der Waals surface area contributed by atoms with E-state index < -0.39 is 22.2 Å². The summed E-state index contributed by atoms with van der Waals surface area (Å²) in [6.45, 7) is 17.8. The highest BCUT2D eigenvalue weighted by Gasteiger charge is 2.28. The first-order chi connectivity index (χ1) is 40.9. The van der Waals surface area contributed by atoms with Crippen LogP contribution in [0.5, 0.6) is 5.75 Å². The molecule has 0 atom stereocenters. The molecule has 0 saturated carbocycles. The smallest absolute Gasteiger partial charge is 0.262 e. The SMILES string of the molecule is CC(=O)Nc1ccc(CS)c(OCC(=O)Nc2ccccc2-c2c3nc(c(-c4ccccc4NC(=O)C(C)(C)C)c4ccc([nH]4)c(-c4ccccc4NC(=O)C(C)(C)C)c4nc(c(-c5ccccc5NC(=O)C(C)(C)C)c5ccc2[nH]5)C=C4)C=C3)c1. The summed E-state index contributed by atoms with van der Waals surface area (Å²) in [7, 11) is 0. The number of fused-ring (bicyclic) bond motifs is 8. The Labute approximate surface area is 505 Å². The number of carbonyl (C=O) groups excluding carboxylic acids is 5. The molecule has 0 aliphatic carbocycles. The van der Waals surface area contributed by atoms with E-state index in [0.29, 0.717) is 129 Å². The van der Waals surface area contributed by atoms with Gasteiger partial charge in [-0.2, -0.15) is 12.6 Å². The molecule has 86 heavy (non-hydrogen) atoms. The molecule has 5 amide bonds. The van der Waals surface area contributed by atoms with E-state index in [2.05, 4.69) is 49.2 Å². The summed E-state index contributed by atoms with van der Waals surface area (Å²) in [6.07, 6.45) is 7.79. The van der Waals surface area contributed by atoms with Gasteiger partial charge in [0.1, 0.15) is 5.75 Å². The molecule has 8 aromatic rings. The number of thiol groups is 1. The van der Waals surface area contributed by atoms with Crippen molar-refractivity contribution in [1.29, 1.82) is 0 Å². The molecule has 0 unspecified atom stereocenters. The first kappa shape index (κ1) is 59.4. The van der Waals surface area contributed by atoms with Crippen molar-refractivity contribution in [2.45, 2.75) is 75.0 Å². The van der Waals surface area contributed by atoms with Crippen molar-refractivity contribution in [1.82, 2.24) is 19.9 Å². The third-order valence-corrected chi connectivity index (χ3v) is 14.9. The number of hydrogen-bond acceptors (Lipinski definition) is 9. The van der Waals surface area contributed by atoms with E-state index in [1.165, 1.54) is 6.92 Å². The van der Waals surface area contributed by atoms with Crippen LogP contribution in [0, 0.1) is 16.2 Å². The summed E-state index contributed by atoms with van der Waals surface area (Å²) in [5, 5.41) is 15.5. The second-order valence-electron chi connectivity index (χ2n) is 24.3. The topological polar surface area (TPSA) is 212 Å². The van der Waals surface area contributed by atoms with Crippen molar-refractivity contribution in [2.24, 2.45) is 16.2 Å². The zero-order chi connectivity index (χ0) is 61.2. The molecular formula is C70H69N9O6S. The highest BCUT2D eigenvalue weighted by atomic mass is 32.1. The molecule has 436 valence electrons. The fourth-order valence-electron chi connectivity index (χ4n) is 9.94. The minimum absolute atomic E-state index is 0.169. The zero-order valence-electron chi connectivity index (χ0n) is 49.8. The molecule has 0 radical (unpaired) electrons. The van der Waals surface area contributed by atoms with Crippen LogP contribution in [0.3, 0.4) is 0 Å². The maximum atomic E-state index is 14.2. The number of para-hydroxylation sites is 4. The largest absolute Gasteiger partial charge is 0.483 e. The molecule has 0 fully saturated rings. The molecule has 8 bridgehead atoms.